The second-order valence-electron chi connectivity index (χ2n) is 8.55. The third-order valence-electron chi connectivity index (χ3n) is 6.01. The van der Waals surface area contributed by atoms with Gasteiger partial charge in [0.1, 0.15) is 18.1 Å². The number of rotatable bonds is 7. The average molecular weight is 489 g/mol. The molecule has 9 heteroatoms. The van der Waals surface area contributed by atoms with Gasteiger partial charge in [-0.05, 0) is 36.8 Å². The third kappa shape index (κ3) is 4.38. The van der Waals surface area contributed by atoms with E-state index in [9.17, 15) is 0 Å². The molecule has 3 aromatic carbocycles. The first-order chi connectivity index (χ1) is 18.2. The van der Waals surface area contributed by atoms with Crippen molar-refractivity contribution >= 4 is 0 Å². The SMILES string of the molecule is Cc1ccccc1OCc1nc(-c2ccn(-c3ccccc3)n2)n(-c2nnc(-c3ccccc3)n2C)n1. The van der Waals surface area contributed by atoms with Gasteiger partial charge < -0.3 is 4.74 Å². The van der Waals surface area contributed by atoms with E-state index in [0.717, 1.165) is 28.4 Å². The molecule has 0 saturated heterocycles. The van der Waals surface area contributed by atoms with Gasteiger partial charge in [0.15, 0.2) is 17.5 Å². The number of hydrogen-bond donors (Lipinski definition) is 0. The van der Waals surface area contributed by atoms with Crippen LogP contribution in [0.5, 0.6) is 5.75 Å². The molecule has 9 nitrogen and oxygen atoms in total. The molecule has 0 bridgehead atoms. The first-order valence-corrected chi connectivity index (χ1v) is 11.9. The van der Waals surface area contributed by atoms with E-state index < -0.39 is 0 Å². The molecule has 0 unspecified atom stereocenters. The molecule has 0 aliphatic heterocycles. The molecule has 0 atom stereocenters. The molecule has 0 fully saturated rings. The Balaban J connectivity index is 1.41. The normalized spacial score (nSPS) is 11.1. The first kappa shape index (κ1) is 22.4. The summed E-state index contributed by atoms with van der Waals surface area (Å²) in [7, 11) is 1.91. The van der Waals surface area contributed by atoms with E-state index in [1.54, 1.807) is 4.68 Å². The largest absolute Gasteiger partial charge is 0.485 e. The second-order valence-corrected chi connectivity index (χ2v) is 8.55. The summed E-state index contributed by atoms with van der Waals surface area (Å²) in [6.07, 6.45) is 1.90. The Hall–Kier alpha value is -5.05. The fraction of sp³-hybridized carbons (Fsp3) is 0.107. The third-order valence-corrected chi connectivity index (χ3v) is 6.01. The van der Waals surface area contributed by atoms with Crippen molar-refractivity contribution in [2.24, 2.45) is 7.05 Å². The fourth-order valence-corrected chi connectivity index (χ4v) is 4.09. The van der Waals surface area contributed by atoms with Gasteiger partial charge in [0.05, 0.1) is 5.69 Å². The number of para-hydroxylation sites is 2. The molecule has 0 spiro atoms. The molecule has 3 heterocycles. The van der Waals surface area contributed by atoms with E-state index in [2.05, 4.69) is 10.2 Å². The number of ether oxygens (including phenoxy) is 1. The predicted molar refractivity (Wildman–Crippen MR) is 139 cm³/mol. The van der Waals surface area contributed by atoms with Crippen LogP contribution in [-0.4, -0.2) is 39.3 Å². The van der Waals surface area contributed by atoms with Crippen molar-refractivity contribution in [2.45, 2.75) is 13.5 Å². The maximum Gasteiger partial charge on any atom is 0.254 e. The van der Waals surface area contributed by atoms with Gasteiger partial charge in [0.25, 0.3) is 5.95 Å². The van der Waals surface area contributed by atoms with Crippen molar-refractivity contribution in [2.75, 3.05) is 0 Å². The van der Waals surface area contributed by atoms with E-state index in [4.69, 9.17) is 19.9 Å². The Labute approximate surface area is 213 Å². The van der Waals surface area contributed by atoms with Crippen molar-refractivity contribution in [3.05, 3.63) is 109 Å². The Kier molecular flexibility index (Phi) is 5.78. The predicted octanol–water partition coefficient (Wildman–Crippen LogP) is 4.80. The molecule has 0 saturated carbocycles. The maximum absolute atomic E-state index is 6.04. The summed E-state index contributed by atoms with van der Waals surface area (Å²) in [6.45, 7) is 2.21. The van der Waals surface area contributed by atoms with Crippen LogP contribution in [0.3, 0.4) is 0 Å². The lowest BCUT2D eigenvalue weighted by molar-refractivity contribution is 0.294. The Bertz CT molecular complexity index is 1650. The lowest BCUT2D eigenvalue weighted by Gasteiger charge is -2.06. The van der Waals surface area contributed by atoms with Crippen LogP contribution in [0.1, 0.15) is 11.4 Å². The van der Waals surface area contributed by atoms with Gasteiger partial charge in [-0.1, -0.05) is 66.7 Å². The topological polar surface area (TPSA) is 88.5 Å². The van der Waals surface area contributed by atoms with Gasteiger partial charge >= 0.3 is 0 Å². The first-order valence-electron chi connectivity index (χ1n) is 11.9. The van der Waals surface area contributed by atoms with E-state index >= 15 is 0 Å². The highest BCUT2D eigenvalue weighted by atomic mass is 16.5. The highest BCUT2D eigenvalue weighted by Gasteiger charge is 2.22. The molecule has 6 aromatic rings. The number of aryl methyl sites for hydroxylation is 1. The molecular weight excluding hydrogens is 464 g/mol. The van der Waals surface area contributed by atoms with Gasteiger partial charge in [-0.15, -0.1) is 15.3 Å². The minimum Gasteiger partial charge on any atom is -0.485 e. The summed E-state index contributed by atoms with van der Waals surface area (Å²) in [6, 6.07) is 29.6. The summed E-state index contributed by atoms with van der Waals surface area (Å²) in [5.41, 5.74) is 3.61. The van der Waals surface area contributed by atoms with Gasteiger partial charge in [-0.3, -0.25) is 4.57 Å². The summed E-state index contributed by atoms with van der Waals surface area (Å²) in [4.78, 5) is 4.80. The average Bonchev–Trinajstić information content (AvgIpc) is 3.67. The highest BCUT2D eigenvalue weighted by Crippen LogP contribution is 2.24. The van der Waals surface area contributed by atoms with E-state index in [1.165, 1.54) is 0 Å². The summed E-state index contributed by atoms with van der Waals surface area (Å²) >= 11 is 0. The Morgan fingerprint density at radius 1 is 0.757 bits per heavy atom. The van der Waals surface area contributed by atoms with Gasteiger partial charge in [0.2, 0.25) is 0 Å². The molecule has 3 aromatic heterocycles. The highest BCUT2D eigenvalue weighted by molar-refractivity contribution is 5.57. The van der Waals surface area contributed by atoms with Crippen LogP contribution < -0.4 is 4.74 Å². The van der Waals surface area contributed by atoms with Crippen molar-refractivity contribution < 1.29 is 4.74 Å². The minimum atomic E-state index is 0.202. The van der Waals surface area contributed by atoms with E-state index in [1.807, 2.05) is 120 Å². The zero-order valence-electron chi connectivity index (χ0n) is 20.4. The molecule has 0 N–H and O–H groups in total. The number of hydrogen-bond acceptors (Lipinski definition) is 6. The van der Waals surface area contributed by atoms with Gasteiger partial charge in [0, 0.05) is 18.8 Å². The molecule has 37 heavy (non-hydrogen) atoms. The Morgan fingerprint density at radius 3 is 2.27 bits per heavy atom. The molecule has 0 amide bonds. The summed E-state index contributed by atoms with van der Waals surface area (Å²) in [5.74, 6) is 3.10. The molecule has 0 radical (unpaired) electrons. The van der Waals surface area contributed by atoms with Crippen LogP contribution in [0, 0.1) is 6.92 Å². The van der Waals surface area contributed by atoms with Gasteiger partial charge in [-0.25, -0.2) is 9.67 Å². The summed E-state index contributed by atoms with van der Waals surface area (Å²) in [5, 5.41) is 18.4. The van der Waals surface area contributed by atoms with Crippen LogP contribution in [-0.2, 0) is 13.7 Å². The van der Waals surface area contributed by atoms with Crippen molar-refractivity contribution in [3.8, 4) is 40.3 Å². The monoisotopic (exact) mass is 488 g/mol. The number of aromatic nitrogens is 8. The van der Waals surface area contributed by atoms with Crippen LogP contribution >= 0.6 is 0 Å². The molecule has 6 rings (SSSR count). The van der Waals surface area contributed by atoms with Crippen molar-refractivity contribution in [3.63, 3.8) is 0 Å². The Morgan fingerprint density at radius 2 is 1.49 bits per heavy atom. The number of benzene rings is 3. The zero-order valence-corrected chi connectivity index (χ0v) is 20.4. The van der Waals surface area contributed by atoms with Crippen LogP contribution in [0.15, 0.2) is 97.2 Å². The van der Waals surface area contributed by atoms with Crippen LogP contribution in [0.4, 0.5) is 0 Å². The zero-order chi connectivity index (χ0) is 25.2. The van der Waals surface area contributed by atoms with Gasteiger partial charge in [-0.2, -0.15) is 9.78 Å². The van der Waals surface area contributed by atoms with Crippen LogP contribution in [0.2, 0.25) is 0 Å². The number of nitrogens with zero attached hydrogens (tertiary/aromatic N) is 8. The lowest BCUT2D eigenvalue weighted by Crippen LogP contribution is -2.08. The fourth-order valence-electron chi connectivity index (χ4n) is 4.09. The minimum absolute atomic E-state index is 0.202. The molecule has 182 valence electrons. The smallest absolute Gasteiger partial charge is 0.254 e. The lowest BCUT2D eigenvalue weighted by atomic mass is 10.2. The summed E-state index contributed by atoms with van der Waals surface area (Å²) < 4.78 is 11.4. The van der Waals surface area contributed by atoms with Crippen molar-refractivity contribution in [1.29, 1.82) is 0 Å². The standard InChI is InChI=1S/C28H24N8O/c1-20-11-9-10-16-24(20)37-19-25-29-27(23-17-18-35(32-23)22-14-7-4-8-15-22)36(33-25)28-31-30-26(34(28)2)21-12-5-3-6-13-21/h3-18H,19H2,1-2H3. The quantitative estimate of drug-likeness (QED) is 0.321. The molecule has 0 aliphatic rings. The van der Waals surface area contributed by atoms with Crippen LogP contribution in [0.25, 0.3) is 34.5 Å². The maximum atomic E-state index is 6.04. The molecule has 0 aliphatic carbocycles. The van der Waals surface area contributed by atoms with Crippen molar-refractivity contribution in [1.82, 2.24) is 39.3 Å². The van der Waals surface area contributed by atoms with E-state index in [-0.39, 0.29) is 6.61 Å². The second kappa shape index (κ2) is 9.54. The van der Waals surface area contributed by atoms with E-state index in [0.29, 0.717) is 23.3 Å². The molecular formula is C28H24N8O.